The molecule has 2 rings (SSSR count). The topological polar surface area (TPSA) is 69.7 Å². The summed E-state index contributed by atoms with van der Waals surface area (Å²) in [5, 5.41) is 0. The van der Waals surface area contributed by atoms with E-state index in [1.165, 1.54) is 12.1 Å². The van der Waals surface area contributed by atoms with Crippen molar-refractivity contribution in [3.05, 3.63) is 59.2 Å². The summed E-state index contributed by atoms with van der Waals surface area (Å²) >= 11 is -3.67. The highest BCUT2D eigenvalue weighted by atomic mass is 32.2. The van der Waals surface area contributed by atoms with E-state index in [-0.39, 0.29) is 28.9 Å². The summed E-state index contributed by atoms with van der Waals surface area (Å²) in [7, 11) is -0.512. The van der Waals surface area contributed by atoms with Crippen LogP contribution in [0.3, 0.4) is 0 Å². The van der Waals surface area contributed by atoms with E-state index in [9.17, 15) is 26.4 Å². The minimum Gasteiger partial charge on any atom is -0.465 e. The zero-order valence-corrected chi connectivity index (χ0v) is 16.6. The highest BCUT2D eigenvalue weighted by Gasteiger charge is 2.41. The number of halogens is 3. The Morgan fingerprint density at radius 1 is 1.04 bits per heavy atom. The summed E-state index contributed by atoms with van der Waals surface area (Å²) in [5.74, 6) is -1.61. The van der Waals surface area contributed by atoms with Crippen LogP contribution in [0.5, 0.6) is 5.75 Å². The summed E-state index contributed by atoms with van der Waals surface area (Å²) < 4.78 is 71.6. The molecular weight excluding hydrogens is 417 g/mol. The third-order valence-corrected chi connectivity index (χ3v) is 5.80. The van der Waals surface area contributed by atoms with Crippen molar-refractivity contribution in [1.82, 2.24) is 0 Å². The molecule has 0 amide bonds. The summed E-state index contributed by atoms with van der Waals surface area (Å²) in [5.41, 5.74) is -5.03. The Bertz CT molecular complexity index is 898. The smallest absolute Gasteiger partial charge is 0.465 e. The first-order chi connectivity index (χ1) is 13.2. The van der Waals surface area contributed by atoms with Gasteiger partial charge in [0.15, 0.2) is 5.75 Å². The van der Waals surface area contributed by atoms with E-state index in [1.807, 2.05) is 0 Å². The summed E-state index contributed by atoms with van der Waals surface area (Å²) in [6, 6.07) is 11.3. The molecule has 152 valence electrons. The van der Waals surface area contributed by atoms with Gasteiger partial charge in [-0.25, -0.2) is 9.00 Å². The van der Waals surface area contributed by atoms with Gasteiger partial charge in [0.2, 0.25) is 0 Å². The lowest BCUT2D eigenvalue weighted by atomic mass is 10.0. The maximum Gasteiger partial charge on any atom is 0.508 e. The molecule has 0 bridgehead atoms. The van der Waals surface area contributed by atoms with Gasteiger partial charge in [0.1, 0.15) is 5.56 Å². The van der Waals surface area contributed by atoms with Crippen LogP contribution in [0.25, 0.3) is 0 Å². The number of hydrogen-bond donors (Lipinski definition) is 0. The van der Waals surface area contributed by atoms with Crippen LogP contribution in [0, 0.1) is 0 Å². The third kappa shape index (κ3) is 5.20. The predicted molar refractivity (Wildman–Crippen MR) is 98.5 cm³/mol. The van der Waals surface area contributed by atoms with Crippen LogP contribution in [0.2, 0.25) is 0 Å². The molecule has 2 aromatic carbocycles. The van der Waals surface area contributed by atoms with E-state index in [1.54, 1.807) is 37.3 Å². The Labute approximate surface area is 165 Å². The molecule has 10 heteroatoms. The molecule has 0 spiro atoms. The van der Waals surface area contributed by atoms with Crippen LogP contribution in [-0.2, 0) is 38.8 Å². The van der Waals surface area contributed by atoms with Crippen molar-refractivity contribution in [3.8, 4) is 5.75 Å². The fraction of sp³-hybridized carbons (Fsp3) is 0.278. The fourth-order valence-electron chi connectivity index (χ4n) is 2.41. The van der Waals surface area contributed by atoms with Gasteiger partial charge in [-0.1, -0.05) is 37.3 Å². The largest absolute Gasteiger partial charge is 0.508 e. The van der Waals surface area contributed by atoms with E-state index < -0.39 is 39.1 Å². The average molecular weight is 434 g/mol. The molecule has 5 nitrogen and oxygen atoms in total. The number of ether oxygens (including phenoxy) is 1. The molecule has 0 saturated heterocycles. The second-order valence-corrected chi connectivity index (χ2v) is 8.05. The Morgan fingerprint density at radius 3 is 2.18 bits per heavy atom. The summed E-state index contributed by atoms with van der Waals surface area (Å²) in [6.07, 6.45) is 0.219. The van der Waals surface area contributed by atoms with Crippen molar-refractivity contribution in [2.24, 2.45) is 0 Å². The Kier molecular flexibility index (Phi) is 7.36. The number of esters is 1. The first-order valence-corrected chi connectivity index (χ1v) is 10.4. The van der Waals surface area contributed by atoms with Gasteiger partial charge in [0.25, 0.3) is 0 Å². The van der Waals surface area contributed by atoms with Gasteiger partial charge in [0.05, 0.1) is 23.7 Å². The maximum absolute atomic E-state index is 12.7. The number of rotatable bonds is 7. The molecule has 0 N–H and O–H groups in total. The average Bonchev–Trinajstić information content (AvgIpc) is 2.67. The first kappa shape index (κ1) is 22.1. The quantitative estimate of drug-likeness (QED) is 0.618. The van der Waals surface area contributed by atoms with Gasteiger partial charge < -0.3 is 8.92 Å². The molecule has 0 fully saturated rings. The monoisotopic (exact) mass is 434 g/mol. The van der Waals surface area contributed by atoms with Crippen molar-refractivity contribution in [2.75, 3.05) is 7.11 Å². The Hall–Kier alpha value is -2.20. The van der Waals surface area contributed by atoms with Gasteiger partial charge in [-0.2, -0.15) is 13.2 Å². The number of alkyl halides is 3. The van der Waals surface area contributed by atoms with E-state index in [2.05, 4.69) is 8.92 Å². The lowest BCUT2D eigenvalue weighted by molar-refractivity contribution is -0.0438. The number of aryl methyl sites for hydroxylation is 1. The van der Waals surface area contributed by atoms with Crippen LogP contribution in [0.1, 0.15) is 28.4 Å². The fourth-order valence-corrected chi connectivity index (χ4v) is 3.99. The number of methoxy groups -OCH3 is 1. The number of carbonyl (C=O) groups excluding carboxylic acids is 1. The van der Waals surface area contributed by atoms with Gasteiger partial charge in [0, 0.05) is 4.90 Å². The van der Waals surface area contributed by atoms with Crippen molar-refractivity contribution in [1.29, 1.82) is 0 Å². The highest BCUT2D eigenvalue weighted by Crippen LogP contribution is 2.33. The van der Waals surface area contributed by atoms with Crippen LogP contribution >= 0.6 is 0 Å². The van der Waals surface area contributed by atoms with Crippen molar-refractivity contribution < 1.29 is 35.3 Å². The zero-order valence-electron chi connectivity index (χ0n) is 14.9. The van der Waals surface area contributed by atoms with Crippen molar-refractivity contribution in [2.45, 2.75) is 29.5 Å². The normalized spacial score (nSPS) is 13.6. The minimum absolute atomic E-state index is 0.159. The molecule has 0 saturated carbocycles. The minimum atomic E-state index is -5.12. The Balaban J connectivity index is 2.54. The van der Waals surface area contributed by atoms with Crippen molar-refractivity contribution in [3.63, 3.8) is 0 Å². The molecule has 0 aliphatic carbocycles. The molecule has 0 radical (unpaired) electrons. The van der Waals surface area contributed by atoms with E-state index >= 15 is 0 Å². The lowest BCUT2D eigenvalue weighted by Crippen LogP contribution is -2.23. The number of carbonyl (C=O) groups is 1. The van der Waals surface area contributed by atoms with E-state index in [4.69, 9.17) is 0 Å². The van der Waals surface area contributed by atoms with Crippen LogP contribution in [0.15, 0.2) is 47.4 Å². The molecule has 0 aromatic heterocycles. The van der Waals surface area contributed by atoms with Gasteiger partial charge >= 0.3 is 22.6 Å². The molecule has 0 heterocycles. The molecule has 0 aliphatic heterocycles. The summed E-state index contributed by atoms with van der Waals surface area (Å²) in [4.78, 5) is 12.8. The number of benzene rings is 2. The maximum atomic E-state index is 12.7. The Morgan fingerprint density at radius 2 is 1.64 bits per heavy atom. The molecule has 2 atom stereocenters. The SMILES string of the molecule is CCc1ccc(CS(=O)c2ccccc2)c(C(=O)OC)c1OS(=O)C(F)(F)F. The van der Waals surface area contributed by atoms with E-state index in [0.717, 1.165) is 7.11 Å². The first-order valence-electron chi connectivity index (χ1n) is 8.02. The molecule has 2 unspecified atom stereocenters. The van der Waals surface area contributed by atoms with E-state index in [0.29, 0.717) is 4.90 Å². The second kappa shape index (κ2) is 9.33. The molecular formula is C18H17F3O5S2. The molecule has 0 aliphatic rings. The van der Waals surface area contributed by atoms with Gasteiger partial charge in [-0.15, -0.1) is 0 Å². The van der Waals surface area contributed by atoms with Crippen LogP contribution in [0.4, 0.5) is 13.2 Å². The van der Waals surface area contributed by atoms with Gasteiger partial charge in [-0.05, 0) is 29.7 Å². The van der Waals surface area contributed by atoms with Crippen LogP contribution in [-0.4, -0.2) is 27.0 Å². The molecule has 28 heavy (non-hydrogen) atoms. The summed E-state index contributed by atoms with van der Waals surface area (Å²) in [6.45, 7) is 1.64. The highest BCUT2D eigenvalue weighted by molar-refractivity contribution is 7.84. The zero-order chi connectivity index (χ0) is 20.9. The standard InChI is InChI=1S/C18H17F3O5S2/c1-3-12-9-10-13(11-27(23)14-7-5-4-6-8-14)15(17(22)25-2)16(12)26-28(24)18(19,20)21/h4-10H,3,11H2,1-2H3. The molecule has 2 aromatic rings. The second-order valence-electron chi connectivity index (χ2n) is 5.50. The number of hydrogen-bond acceptors (Lipinski definition) is 5. The predicted octanol–water partition coefficient (Wildman–Crippen LogP) is 3.91. The van der Waals surface area contributed by atoms with Gasteiger partial charge in [-0.3, -0.25) is 4.21 Å². The van der Waals surface area contributed by atoms with Crippen LogP contribution < -0.4 is 4.18 Å². The lowest BCUT2D eigenvalue weighted by Gasteiger charge is -2.17. The third-order valence-electron chi connectivity index (χ3n) is 3.74. The van der Waals surface area contributed by atoms with Crippen molar-refractivity contribution >= 4 is 27.8 Å².